The largest absolute Gasteiger partial charge is 0.349 e. The topological polar surface area (TPSA) is 167 Å². The maximum absolute atomic E-state index is 14.0. The van der Waals surface area contributed by atoms with Gasteiger partial charge in [0.05, 0.1) is 24.5 Å². The summed E-state index contributed by atoms with van der Waals surface area (Å²) >= 11 is 1.52. The number of benzene rings is 2. The standard InChI is InChI=1S/C33H42N8O5S/c1-21(2)29-32(45)36-26(15-16-47-4)31(44)34-22(3)30(43)35-24(17-23-11-7-5-8-12-23)18-40(20-28(42)37-29)33(46)27-19-41(39-38-27)25-13-9-6-10-14-25/h5-14,19,21-22,24,26,29H,15-18,20H2,1-4H3,(H,34,44)(H,35,43)(H,36,45)(H,37,42)/t22-,24+,26-,29-/m0/s1. The number of nitrogens with one attached hydrogen (secondary N) is 4. The van der Waals surface area contributed by atoms with Crippen molar-refractivity contribution in [3.63, 3.8) is 0 Å². The average molecular weight is 663 g/mol. The van der Waals surface area contributed by atoms with Crippen molar-refractivity contribution in [2.75, 3.05) is 25.1 Å². The van der Waals surface area contributed by atoms with Crippen LogP contribution in [0.2, 0.25) is 0 Å². The van der Waals surface area contributed by atoms with Gasteiger partial charge in [0.25, 0.3) is 5.91 Å². The fraction of sp³-hybridized carbons (Fsp3) is 0.424. The van der Waals surface area contributed by atoms with Crippen molar-refractivity contribution in [1.29, 1.82) is 0 Å². The minimum Gasteiger partial charge on any atom is -0.349 e. The SMILES string of the molecule is CSCC[C@@H]1NC(=O)[C@H](C(C)C)NC(=O)CN(C(=O)c2cn(-c3ccccc3)nn2)C[C@@H](Cc2ccccc2)NC(=O)[C@H](C)NC1=O. The normalized spacial score (nSPS) is 21.6. The van der Waals surface area contributed by atoms with Crippen molar-refractivity contribution in [2.24, 2.45) is 5.92 Å². The molecule has 1 aliphatic rings. The molecule has 0 saturated carbocycles. The van der Waals surface area contributed by atoms with E-state index >= 15 is 0 Å². The van der Waals surface area contributed by atoms with E-state index in [0.29, 0.717) is 24.3 Å². The van der Waals surface area contributed by atoms with Crippen LogP contribution in [0.15, 0.2) is 66.9 Å². The summed E-state index contributed by atoms with van der Waals surface area (Å²) in [6.45, 7) is 4.63. The summed E-state index contributed by atoms with van der Waals surface area (Å²) in [5, 5.41) is 19.4. The molecule has 1 fully saturated rings. The number of carbonyl (C=O) groups excluding carboxylic acids is 5. The molecule has 14 heteroatoms. The maximum atomic E-state index is 14.0. The lowest BCUT2D eigenvalue weighted by atomic mass is 10.0. The smallest absolute Gasteiger partial charge is 0.276 e. The van der Waals surface area contributed by atoms with E-state index in [0.717, 1.165) is 5.56 Å². The van der Waals surface area contributed by atoms with Crippen LogP contribution in [-0.4, -0.2) is 98.7 Å². The van der Waals surface area contributed by atoms with Gasteiger partial charge in [-0.2, -0.15) is 11.8 Å². The van der Waals surface area contributed by atoms with Gasteiger partial charge in [0.2, 0.25) is 23.6 Å². The second-order valence-electron chi connectivity index (χ2n) is 11.8. The molecule has 1 aliphatic heterocycles. The molecule has 1 aromatic heterocycles. The number of hydrogen-bond donors (Lipinski definition) is 4. The highest BCUT2D eigenvalue weighted by atomic mass is 32.2. The summed E-state index contributed by atoms with van der Waals surface area (Å²) in [6, 6.07) is 15.1. The fourth-order valence-corrected chi connectivity index (χ4v) is 5.65. The van der Waals surface area contributed by atoms with Gasteiger partial charge in [0.1, 0.15) is 18.1 Å². The van der Waals surface area contributed by atoms with E-state index in [9.17, 15) is 24.0 Å². The Morgan fingerprint density at radius 1 is 0.915 bits per heavy atom. The Morgan fingerprint density at radius 3 is 2.26 bits per heavy atom. The minimum absolute atomic E-state index is 0.000207. The van der Waals surface area contributed by atoms with Gasteiger partial charge in [-0.15, -0.1) is 5.10 Å². The number of nitrogens with zero attached hydrogens (tertiary/aromatic N) is 4. The average Bonchev–Trinajstić information content (AvgIpc) is 3.55. The number of carbonyl (C=O) groups is 5. The van der Waals surface area contributed by atoms with Crippen molar-refractivity contribution >= 4 is 41.3 Å². The monoisotopic (exact) mass is 662 g/mol. The fourth-order valence-electron chi connectivity index (χ4n) is 5.17. The highest BCUT2D eigenvalue weighted by Gasteiger charge is 2.33. The summed E-state index contributed by atoms with van der Waals surface area (Å²) in [5.74, 6) is -2.42. The molecule has 4 N–H and O–H groups in total. The van der Waals surface area contributed by atoms with Crippen LogP contribution in [0.5, 0.6) is 0 Å². The summed E-state index contributed by atoms with van der Waals surface area (Å²) in [6.07, 6.45) is 4.03. The van der Waals surface area contributed by atoms with E-state index in [2.05, 4.69) is 31.6 Å². The molecule has 0 spiro atoms. The first-order valence-corrected chi connectivity index (χ1v) is 17.0. The van der Waals surface area contributed by atoms with Crippen molar-refractivity contribution in [1.82, 2.24) is 41.2 Å². The summed E-state index contributed by atoms with van der Waals surface area (Å²) in [5.41, 5.74) is 1.59. The molecule has 4 rings (SSSR count). The number of thioether (sulfide) groups is 1. The first-order valence-electron chi connectivity index (χ1n) is 15.6. The van der Waals surface area contributed by atoms with Gasteiger partial charge in [-0.05, 0) is 55.4 Å². The Bertz CT molecular complexity index is 1530. The zero-order valence-electron chi connectivity index (χ0n) is 27.0. The van der Waals surface area contributed by atoms with E-state index in [4.69, 9.17) is 0 Å². The number of aromatic nitrogens is 3. The van der Waals surface area contributed by atoms with E-state index in [1.807, 2.05) is 66.9 Å². The lowest BCUT2D eigenvalue weighted by molar-refractivity contribution is -0.134. The van der Waals surface area contributed by atoms with Crippen LogP contribution in [0.25, 0.3) is 5.69 Å². The molecule has 1 saturated heterocycles. The van der Waals surface area contributed by atoms with Gasteiger partial charge in [-0.25, -0.2) is 4.68 Å². The van der Waals surface area contributed by atoms with Gasteiger partial charge in [-0.1, -0.05) is 67.6 Å². The van der Waals surface area contributed by atoms with E-state index in [1.165, 1.54) is 27.5 Å². The molecule has 0 bridgehead atoms. The first-order chi connectivity index (χ1) is 22.5. The second kappa shape index (κ2) is 16.7. The summed E-state index contributed by atoms with van der Waals surface area (Å²) in [7, 11) is 0. The zero-order valence-corrected chi connectivity index (χ0v) is 27.8. The Balaban J connectivity index is 1.70. The molecule has 3 aromatic rings. The highest BCUT2D eigenvalue weighted by Crippen LogP contribution is 2.12. The lowest BCUT2D eigenvalue weighted by Gasteiger charge is -2.29. The van der Waals surface area contributed by atoms with Crippen LogP contribution >= 0.6 is 11.8 Å². The third-order valence-corrected chi connectivity index (χ3v) is 8.37. The van der Waals surface area contributed by atoms with E-state index < -0.39 is 60.2 Å². The predicted octanol–water partition coefficient (Wildman–Crippen LogP) is 1.33. The van der Waals surface area contributed by atoms with E-state index in [-0.39, 0.29) is 18.2 Å². The summed E-state index contributed by atoms with van der Waals surface area (Å²) < 4.78 is 1.46. The molecule has 2 aromatic carbocycles. The van der Waals surface area contributed by atoms with Gasteiger partial charge >= 0.3 is 0 Å². The molecular weight excluding hydrogens is 620 g/mol. The van der Waals surface area contributed by atoms with Crippen LogP contribution in [0.4, 0.5) is 0 Å². The quantitative estimate of drug-likeness (QED) is 0.280. The number of amides is 5. The molecule has 13 nitrogen and oxygen atoms in total. The van der Waals surface area contributed by atoms with Gasteiger partial charge < -0.3 is 26.2 Å². The first kappa shape index (κ1) is 35.1. The maximum Gasteiger partial charge on any atom is 0.276 e. The predicted molar refractivity (Wildman–Crippen MR) is 179 cm³/mol. The Kier molecular flexibility index (Phi) is 12.5. The Labute approximate surface area is 278 Å². The van der Waals surface area contributed by atoms with Crippen molar-refractivity contribution in [3.8, 4) is 5.69 Å². The highest BCUT2D eigenvalue weighted by molar-refractivity contribution is 7.98. The zero-order chi connectivity index (χ0) is 33.9. The molecule has 0 aliphatic carbocycles. The third-order valence-electron chi connectivity index (χ3n) is 7.73. The van der Waals surface area contributed by atoms with Crippen molar-refractivity contribution < 1.29 is 24.0 Å². The molecule has 250 valence electrons. The molecule has 4 atom stereocenters. The van der Waals surface area contributed by atoms with E-state index in [1.54, 1.807) is 20.8 Å². The van der Waals surface area contributed by atoms with Gasteiger partial charge in [-0.3, -0.25) is 24.0 Å². The Hall–Kier alpha value is -4.72. The second-order valence-corrected chi connectivity index (χ2v) is 12.8. The number of hydrogen-bond acceptors (Lipinski definition) is 8. The summed E-state index contributed by atoms with van der Waals surface area (Å²) in [4.78, 5) is 69.0. The van der Waals surface area contributed by atoms with Gasteiger partial charge in [0.15, 0.2) is 5.69 Å². The van der Waals surface area contributed by atoms with Crippen LogP contribution in [-0.2, 0) is 25.6 Å². The van der Waals surface area contributed by atoms with Gasteiger partial charge in [0, 0.05) is 6.54 Å². The molecule has 0 radical (unpaired) electrons. The van der Waals surface area contributed by atoms with Crippen LogP contribution in [0.1, 0.15) is 43.2 Å². The number of para-hydroxylation sites is 1. The molecule has 47 heavy (non-hydrogen) atoms. The lowest BCUT2D eigenvalue weighted by Crippen LogP contribution is -2.57. The molecule has 0 unspecified atom stereocenters. The molecule has 5 amide bonds. The van der Waals surface area contributed by atoms with Crippen molar-refractivity contribution in [2.45, 2.75) is 57.8 Å². The van der Waals surface area contributed by atoms with Crippen molar-refractivity contribution in [3.05, 3.63) is 78.1 Å². The van der Waals surface area contributed by atoms with Crippen LogP contribution in [0, 0.1) is 5.92 Å². The van der Waals surface area contributed by atoms with Crippen LogP contribution in [0.3, 0.4) is 0 Å². The third kappa shape index (κ3) is 9.88. The Morgan fingerprint density at radius 2 is 1.60 bits per heavy atom. The number of rotatable bonds is 8. The minimum atomic E-state index is -0.981. The van der Waals surface area contributed by atoms with Crippen LogP contribution < -0.4 is 21.3 Å². The molecular formula is C33H42N8O5S. The molecule has 2 heterocycles.